The van der Waals surface area contributed by atoms with E-state index in [0.29, 0.717) is 12.1 Å². The molecule has 1 unspecified atom stereocenters. The fourth-order valence-corrected chi connectivity index (χ4v) is 1.49. The molecule has 1 rings (SSSR count). The highest BCUT2D eigenvalue weighted by Crippen LogP contribution is 2.25. The number of nitrogens with two attached hydrogens (primary N) is 1. The van der Waals surface area contributed by atoms with E-state index >= 15 is 0 Å². The summed E-state index contributed by atoms with van der Waals surface area (Å²) in [6.07, 6.45) is 0. The molecule has 0 bridgehead atoms. The Bertz CT molecular complexity index is 447. The number of hydrogen-bond donors (Lipinski definition) is 3. The van der Waals surface area contributed by atoms with Crippen LogP contribution in [-0.4, -0.2) is 17.6 Å². The van der Waals surface area contributed by atoms with Crippen molar-refractivity contribution >= 4 is 5.91 Å². The second-order valence-corrected chi connectivity index (χ2v) is 5.05. The van der Waals surface area contributed by atoms with Gasteiger partial charge in [0.25, 0.3) is 0 Å². The van der Waals surface area contributed by atoms with Gasteiger partial charge in [-0.2, -0.15) is 0 Å². The minimum Gasteiger partial charge on any atom is -0.508 e. The van der Waals surface area contributed by atoms with E-state index in [1.54, 1.807) is 13.8 Å². The van der Waals surface area contributed by atoms with Gasteiger partial charge < -0.3 is 16.2 Å². The number of carbonyl (C=O) groups excluding carboxylic acids is 1. The first kappa shape index (κ1) is 14.4. The van der Waals surface area contributed by atoms with Crippen LogP contribution < -0.4 is 11.1 Å². The molecule has 0 radical (unpaired) electrons. The minimum atomic E-state index is -0.677. The van der Waals surface area contributed by atoms with Crippen molar-refractivity contribution in [3.63, 3.8) is 0 Å². The van der Waals surface area contributed by atoms with Gasteiger partial charge in [-0.05, 0) is 26.8 Å². The first-order valence-electron chi connectivity index (χ1n) is 5.76. The molecule has 100 valence electrons. The topological polar surface area (TPSA) is 75.3 Å². The average Bonchev–Trinajstić information content (AvgIpc) is 2.25. The van der Waals surface area contributed by atoms with Crippen LogP contribution in [0.5, 0.6) is 5.75 Å². The lowest BCUT2D eigenvalue weighted by molar-refractivity contribution is -0.125. The highest BCUT2D eigenvalue weighted by atomic mass is 19.1. The monoisotopic (exact) mass is 254 g/mol. The van der Waals surface area contributed by atoms with Crippen molar-refractivity contribution in [2.45, 2.75) is 26.8 Å². The number of phenolic OH excluding ortho intramolecular Hbond substituents is 1. The number of benzene rings is 1. The van der Waals surface area contributed by atoms with Crippen LogP contribution in [0.1, 0.15) is 32.4 Å². The molecule has 4 nitrogen and oxygen atoms in total. The molecule has 0 saturated carbocycles. The quantitative estimate of drug-likeness (QED) is 0.748. The van der Waals surface area contributed by atoms with E-state index in [1.807, 2.05) is 6.92 Å². The van der Waals surface area contributed by atoms with Crippen LogP contribution in [0, 0.1) is 11.2 Å². The summed E-state index contributed by atoms with van der Waals surface area (Å²) in [5.41, 5.74) is 5.17. The molecule has 1 atom stereocenters. The number of amides is 1. The smallest absolute Gasteiger partial charge is 0.224 e. The Morgan fingerprint density at radius 2 is 2.17 bits per heavy atom. The van der Waals surface area contributed by atoms with E-state index in [-0.39, 0.29) is 11.8 Å². The third-order valence-corrected chi connectivity index (χ3v) is 2.98. The largest absolute Gasteiger partial charge is 0.508 e. The van der Waals surface area contributed by atoms with Crippen LogP contribution in [0.15, 0.2) is 18.2 Å². The summed E-state index contributed by atoms with van der Waals surface area (Å²) >= 11 is 0. The zero-order chi connectivity index (χ0) is 13.9. The number of rotatable bonds is 5. The molecule has 4 N–H and O–H groups in total. The molecule has 0 fully saturated rings. The molecule has 18 heavy (non-hydrogen) atoms. The van der Waals surface area contributed by atoms with Crippen molar-refractivity contribution in [1.29, 1.82) is 0 Å². The molecule has 1 aromatic rings. The third-order valence-electron chi connectivity index (χ3n) is 2.98. The molecular weight excluding hydrogens is 235 g/mol. The van der Waals surface area contributed by atoms with E-state index in [4.69, 9.17) is 5.73 Å². The fraction of sp³-hybridized carbons (Fsp3) is 0.462. The van der Waals surface area contributed by atoms with Gasteiger partial charge in [-0.3, -0.25) is 4.79 Å². The Morgan fingerprint density at radius 3 is 2.67 bits per heavy atom. The molecule has 0 aliphatic heterocycles. The first-order chi connectivity index (χ1) is 8.24. The fourth-order valence-electron chi connectivity index (χ4n) is 1.49. The highest BCUT2D eigenvalue weighted by Gasteiger charge is 2.25. The maximum atomic E-state index is 12.9. The van der Waals surface area contributed by atoms with Crippen molar-refractivity contribution in [1.82, 2.24) is 5.32 Å². The maximum Gasteiger partial charge on any atom is 0.224 e. The van der Waals surface area contributed by atoms with Gasteiger partial charge in [0.2, 0.25) is 5.91 Å². The normalized spacial score (nSPS) is 13.3. The Kier molecular flexibility index (Phi) is 4.29. The zero-order valence-corrected chi connectivity index (χ0v) is 10.8. The molecule has 0 aliphatic rings. The zero-order valence-electron chi connectivity index (χ0n) is 10.8. The van der Waals surface area contributed by atoms with Crippen LogP contribution in [0.2, 0.25) is 0 Å². The number of carbonyl (C=O) groups is 1. The molecule has 0 aromatic heterocycles. The Labute approximate surface area is 106 Å². The van der Waals surface area contributed by atoms with E-state index in [2.05, 4.69) is 5.32 Å². The summed E-state index contributed by atoms with van der Waals surface area (Å²) in [4.78, 5) is 11.2. The van der Waals surface area contributed by atoms with Gasteiger partial charge in [-0.25, -0.2) is 4.39 Å². The lowest BCUT2D eigenvalue weighted by Gasteiger charge is -2.24. The SMILES string of the molecule is CC(NCC(C)(C)C(N)=O)c1ccc(F)cc1O. The summed E-state index contributed by atoms with van der Waals surface area (Å²) in [6, 6.07) is 3.66. The predicted molar refractivity (Wildman–Crippen MR) is 67.5 cm³/mol. The Morgan fingerprint density at radius 1 is 1.56 bits per heavy atom. The van der Waals surface area contributed by atoms with Crippen molar-refractivity contribution in [2.75, 3.05) is 6.54 Å². The van der Waals surface area contributed by atoms with Crippen molar-refractivity contribution < 1.29 is 14.3 Å². The van der Waals surface area contributed by atoms with Crippen LogP contribution in [0.25, 0.3) is 0 Å². The molecule has 1 amide bonds. The van der Waals surface area contributed by atoms with Gasteiger partial charge in [-0.1, -0.05) is 6.07 Å². The minimum absolute atomic E-state index is 0.105. The molecule has 1 aromatic carbocycles. The number of halogens is 1. The van der Waals surface area contributed by atoms with E-state index in [1.165, 1.54) is 12.1 Å². The average molecular weight is 254 g/mol. The number of phenols is 1. The van der Waals surface area contributed by atoms with Crippen LogP contribution in [0.4, 0.5) is 4.39 Å². The van der Waals surface area contributed by atoms with E-state index in [0.717, 1.165) is 6.07 Å². The van der Waals surface area contributed by atoms with E-state index < -0.39 is 17.1 Å². The van der Waals surface area contributed by atoms with Crippen LogP contribution in [0.3, 0.4) is 0 Å². The van der Waals surface area contributed by atoms with Gasteiger partial charge in [0.1, 0.15) is 11.6 Å². The van der Waals surface area contributed by atoms with Crippen molar-refractivity contribution in [3.05, 3.63) is 29.6 Å². The molecule has 0 aliphatic carbocycles. The van der Waals surface area contributed by atoms with Gasteiger partial charge in [0, 0.05) is 24.2 Å². The Balaban J connectivity index is 2.71. The first-order valence-corrected chi connectivity index (χ1v) is 5.76. The molecule has 0 spiro atoms. The predicted octanol–water partition coefficient (Wildman–Crippen LogP) is 1.69. The number of aromatic hydroxyl groups is 1. The van der Waals surface area contributed by atoms with Gasteiger partial charge in [0.05, 0.1) is 5.41 Å². The maximum absolute atomic E-state index is 12.9. The number of nitrogens with one attached hydrogen (secondary N) is 1. The van der Waals surface area contributed by atoms with E-state index in [9.17, 15) is 14.3 Å². The molecular formula is C13H19FN2O2. The number of hydrogen-bond acceptors (Lipinski definition) is 3. The summed E-state index contributed by atoms with van der Waals surface area (Å²) in [5.74, 6) is -0.988. The lowest BCUT2D eigenvalue weighted by Crippen LogP contribution is -2.41. The molecule has 0 saturated heterocycles. The summed E-state index contributed by atoms with van der Waals surface area (Å²) in [7, 11) is 0. The van der Waals surface area contributed by atoms with Crippen molar-refractivity contribution in [2.24, 2.45) is 11.1 Å². The summed E-state index contributed by atoms with van der Waals surface area (Å²) < 4.78 is 12.9. The number of primary amides is 1. The van der Waals surface area contributed by atoms with Gasteiger partial charge >= 0.3 is 0 Å². The summed E-state index contributed by atoms with van der Waals surface area (Å²) in [5, 5.41) is 12.7. The molecule has 5 heteroatoms. The van der Waals surface area contributed by atoms with Crippen LogP contribution >= 0.6 is 0 Å². The second kappa shape index (κ2) is 5.35. The summed E-state index contributed by atoms with van der Waals surface area (Å²) in [6.45, 7) is 5.67. The Hall–Kier alpha value is -1.62. The third kappa shape index (κ3) is 3.43. The van der Waals surface area contributed by atoms with Gasteiger partial charge in [-0.15, -0.1) is 0 Å². The second-order valence-electron chi connectivity index (χ2n) is 5.05. The van der Waals surface area contributed by atoms with Gasteiger partial charge in [0.15, 0.2) is 0 Å². The standard InChI is InChI=1S/C13H19FN2O2/c1-8(16-7-13(2,3)12(15)18)10-5-4-9(14)6-11(10)17/h4-6,8,16-17H,7H2,1-3H3,(H2,15,18). The van der Waals surface area contributed by atoms with Crippen LogP contribution in [-0.2, 0) is 4.79 Å². The van der Waals surface area contributed by atoms with Crippen molar-refractivity contribution in [3.8, 4) is 5.75 Å². The lowest BCUT2D eigenvalue weighted by atomic mass is 9.92. The molecule has 0 heterocycles. The highest BCUT2D eigenvalue weighted by molar-refractivity contribution is 5.80.